The molecule has 0 heterocycles. The number of nitrogens with one attached hydrogen (secondary N) is 5. The first kappa shape index (κ1) is 41.5. The van der Waals surface area contributed by atoms with Crippen LogP contribution in [-0.2, 0) is 38.7 Å². The summed E-state index contributed by atoms with van der Waals surface area (Å²) in [5.74, 6) is -2.67. The number of benzene rings is 2. The first-order chi connectivity index (χ1) is 24.2. The van der Waals surface area contributed by atoms with Crippen molar-refractivity contribution >= 4 is 41.4 Å². The number of nitrogen functional groups attached to an aromatic ring is 1. The van der Waals surface area contributed by atoms with E-state index in [-0.39, 0.29) is 56.7 Å². The van der Waals surface area contributed by atoms with Crippen molar-refractivity contribution in [2.24, 2.45) is 50.3 Å². The Balaban J connectivity index is 2.18. The summed E-state index contributed by atoms with van der Waals surface area (Å²) in [4.78, 5) is 61.6. The number of aliphatic imine (C=N–C) groups is 2. The van der Waals surface area contributed by atoms with Crippen LogP contribution < -0.4 is 55.7 Å². The van der Waals surface area contributed by atoms with E-state index in [1.165, 1.54) is 0 Å². The predicted molar refractivity (Wildman–Crippen MR) is 198 cm³/mol. The Morgan fingerprint density at radius 2 is 1.20 bits per heavy atom. The van der Waals surface area contributed by atoms with Crippen molar-refractivity contribution in [3.63, 3.8) is 0 Å². The smallest absolute Gasteiger partial charge is 0.243 e. The number of nitrogens with zero attached hydrogens (tertiary/aromatic N) is 2. The third-order valence-electron chi connectivity index (χ3n) is 7.78. The highest BCUT2D eigenvalue weighted by atomic mass is 16.2. The van der Waals surface area contributed by atoms with E-state index in [0.29, 0.717) is 24.9 Å². The predicted octanol–water partition coefficient (Wildman–Crippen LogP) is -1.49. The third kappa shape index (κ3) is 15.6. The maximum absolute atomic E-state index is 13.7. The number of amidine groups is 1. The number of rotatable bonds is 21. The standard InChI is InChI=1S/C34H53N13O4/c1-20(2)28(47-31(50)26(6-4-16-43-34(40)41)45-27(48)17-21-7-9-22(18-35)10-8-21)32(51)46-25(5-3-15-42-33(38)39)30(49)44-19-23-11-13-24(14-12-23)29(36)37/h7-14,20,25-26,28H,3-6,15-19,35H2,1-2H3,(H3,36,37)(H,44,49)(H,45,48)(H,46,51)(H,47,50)(H4,38,39,42)(H4,40,41,43)/t25-,26-,28-/m0/s1. The van der Waals surface area contributed by atoms with E-state index < -0.39 is 47.7 Å². The fraction of sp³-hybridized carbons (Fsp3) is 0.441. The molecular weight excluding hydrogens is 654 g/mol. The monoisotopic (exact) mass is 707 g/mol. The van der Waals surface area contributed by atoms with Crippen molar-refractivity contribution < 1.29 is 19.2 Å². The molecule has 3 atom stereocenters. The molecule has 2 aromatic carbocycles. The zero-order chi connectivity index (χ0) is 37.9. The summed E-state index contributed by atoms with van der Waals surface area (Å²) in [6.45, 7) is 4.49. The van der Waals surface area contributed by atoms with Crippen molar-refractivity contribution in [2.45, 2.75) is 77.2 Å². The topological polar surface area (TPSA) is 321 Å². The number of carbonyl (C=O) groups is 4. The van der Waals surface area contributed by atoms with Crippen LogP contribution in [0.5, 0.6) is 0 Å². The molecule has 17 N–H and O–H groups in total. The van der Waals surface area contributed by atoms with Gasteiger partial charge < -0.3 is 55.7 Å². The number of guanidine groups is 2. The average molecular weight is 708 g/mol. The molecule has 0 saturated carbocycles. The van der Waals surface area contributed by atoms with Crippen LogP contribution in [0.15, 0.2) is 58.5 Å². The molecule has 278 valence electrons. The van der Waals surface area contributed by atoms with Gasteiger partial charge in [-0.15, -0.1) is 0 Å². The van der Waals surface area contributed by atoms with Crippen molar-refractivity contribution in [3.05, 3.63) is 70.8 Å². The summed E-state index contributed by atoms with van der Waals surface area (Å²) in [5, 5.41) is 18.7. The van der Waals surface area contributed by atoms with E-state index in [1.54, 1.807) is 50.2 Å². The SMILES string of the molecule is CC(C)[C@H](NC(=O)[C@H](CCCN=C(N)N)NC(=O)Cc1ccc(CN)cc1)C(=O)N[C@@H](CCCN=C(N)N)C(=O)NCc1ccc(C(=N)N)cc1. The third-order valence-corrected chi connectivity index (χ3v) is 7.78. The zero-order valence-corrected chi connectivity index (χ0v) is 29.3. The van der Waals surface area contributed by atoms with E-state index in [0.717, 1.165) is 16.7 Å². The van der Waals surface area contributed by atoms with Gasteiger partial charge in [-0.1, -0.05) is 62.4 Å². The van der Waals surface area contributed by atoms with Crippen LogP contribution in [0.4, 0.5) is 0 Å². The highest BCUT2D eigenvalue weighted by Crippen LogP contribution is 2.10. The lowest BCUT2D eigenvalue weighted by atomic mass is 10.0. The molecule has 2 rings (SSSR count). The second-order valence-corrected chi connectivity index (χ2v) is 12.3. The average Bonchev–Trinajstić information content (AvgIpc) is 3.08. The molecule has 4 amide bonds. The summed E-state index contributed by atoms with van der Waals surface area (Å²) < 4.78 is 0. The Hall–Kier alpha value is -5.71. The van der Waals surface area contributed by atoms with Gasteiger partial charge in [0.2, 0.25) is 23.6 Å². The van der Waals surface area contributed by atoms with Crippen LogP contribution >= 0.6 is 0 Å². The molecule has 0 bridgehead atoms. The second-order valence-electron chi connectivity index (χ2n) is 12.3. The van der Waals surface area contributed by atoms with Crippen molar-refractivity contribution in [3.8, 4) is 0 Å². The molecule has 17 nitrogen and oxygen atoms in total. The Kier molecular flexibility index (Phi) is 17.4. The highest BCUT2D eigenvalue weighted by molar-refractivity contribution is 5.95. The van der Waals surface area contributed by atoms with Crippen molar-refractivity contribution in [1.29, 1.82) is 5.41 Å². The molecule has 2 aromatic rings. The maximum atomic E-state index is 13.7. The van der Waals surface area contributed by atoms with E-state index in [2.05, 4.69) is 31.3 Å². The maximum Gasteiger partial charge on any atom is 0.243 e. The number of carbonyl (C=O) groups excluding carboxylic acids is 4. The number of amides is 4. The second kappa shape index (κ2) is 21.4. The van der Waals surface area contributed by atoms with E-state index in [1.807, 2.05) is 12.1 Å². The molecule has 0 saturated heterocycles. The number of nitrogens with two attached hydrogens (primary N) is 6. The number of hydrogen-bond donors (Lipinski definition) is 11. The van der Waals surface area contributed by atoms with Gasteiger partial charge in [-0.25, -0.2) is 0 Å². The molecular formula is C34H53N13O4. The molecule has 0 fully saturated rings. The van der Waals surface area contributed by atoms with Crippen LogP contribution in [0.25, 0.3) is 0 Å². The van der Waals surface area contributed by atoms with Gasteiger partial charge in [-0.2, -0.15) is 0 Å². The molecule has 0 radical (unpaired) electrons. The van der Waals surface area contributed by atoms with Gasteiger partial charge in [-0.3, -0.25) is 34.6 Å². The summed E-state index contributed by atoms with van der Waals surface area (Å²) in [7, 11) is 0. The van der Waals surface area contributed by atoms with Gasteiger partial charge in [0.15, 0.2) is 11.9 Å². The fourth-order valence-corrected chi connectivity index (χ4v) is 4.93. The lowest BCUT2D eigenvalue weighted by Gasteiger charge is -2.27. The van der Waals surface area contributed by atoms with Gasteiger partial charge in [0.25, 0.3) is 0 Å². The van der Waals surface area contributed by atoms with Gasteiger partial charge in [0, 0.05) is 31.7 Å². The Morgan fingerprint density at radius 3 is 1.69 bits per heavy atom. The van der Waals surface area contributed by atoms with Gasteiger partial charge >= 0.3 is 0 Å². The Labute approximate surface area is 298 Å². The quantitative estimate of drug-likeness (QED) is 0.0405. The number of hydrogen-bond acceptors (Lipinski definition) is 8. The van der Waals surface area contributed by atoms with Gasteiger partial charge in [-0.05, 0) is 48.3 Å². The Morgan fingerprint density at radius 1 is 0.686 bits per heavy atom. The minimum Gasteiger partial charge on any atom is -0.384 e. The van der Waals surface area contributed by atoms with Crippen LogP contribution in [0, 0.1) is 11.3 Å². The lowest BCUT2D eigenvalue weighted by molar-refractivity contribution is -0.134. The molecule has 17 heteroatoms. The summed E-state index contributed by atoms with van der Waals surface area (Å²) in [5.41, 5.74) is 35.9. The minimum atomic E-state index is -1.05. The normalized spacial score (nSPS) is 12.5. The van der Waals surface area contributed by atoms with Gasteiger partial charge in [0.1, 0.15) is 24.0 Å². The molecule has 0 aromatic heterocycles. The van der Waals surface area contributed by atoms with E-state index in [4.69, 9.17) is 39.8 Å². The first-order valence-corrected chi connectivity index (χ1v) is 16.7. The van der Waals surface area contributed by atoms with Crippen molar-refractivity contribution in [2.75, 3.05) is 13.1 Å². The molecule has 0 aliphatic rings. The van der Waals surface area contributed by atoms with E-state index >= 15 is 0 Å². The highest BCUT2D eigenvalue weighted by Gasteiger charge is 2.31. The van der Waals surface area contributed by atoms with Crippen molar-refractivity contribution in [1.82, 2.24) is 21.3 Å². The van der Waals surface area contributed by atoms with Crippen LogP contribution in [0.1, 0.15) is 61.8 Å². The largest absolute Gasteiger partial charge is 0.384 e. The molecule has 0 unspecified atom stereocenters. The van der Waals surface area contributed by atoms with Crippen LogP contribution in [-0.4, -0.2) is 72.6 Å². The molecule has 0 aliphatic heterocycles. The fourth-order valence-electron chi connectivity index (χ4n) is 4.93. The van der Waals surface area contributed by atoms with Crippen LogP contribution in [0.2, 0.25) is 0 Å². The summed E-state index contributed by atoms with van der Waals surface area (Å²) in [6.07, 6.45) is 1.16. The van der Waals surface area contributed by atoms with E-state index in [9.17, 15) is 19.2 Å². The van der Waals surface area contributed by atoms with Crippen LogP contribution in [0.3, 0.4) is 0 Å². The summed E-state index contributed by atoms with van der Waals surface area (Å²) in [6, 6.07) is 11.0. The van der Waals surface area contributed by atoms with Gasteiger partial charge in [0.05, 0.1) is 6.42 Å². The Bertz CT molecular complexity index is 1520. The first-order valence-electron chi connectivity index (χ1n) is 16.7. The molecule has 0 spiro atoms. The summed E-state index contributed by atoms with van der Waals surface area (Å²) >= 11 is 0. The minimum absolute atomic E-state index is 0.0220. The lowest BCUT2D eigenvalue weighted by Crippen LogP contribution is -2.58. The molecule has 0 aliphatic carbocycles. The molecule has 51 heavy (non-hydrogen) atoms. The zero-order valence-electron chi connectivity index (χ0n) is 29.3.